The third-order valence-corrected chi connectivity index (χ3v) is 1.97. The summed E-state index contributed by atoms with van der Waals surface area (Å²) >= 11 is 0. The normalized spacial score (nSPS) is 9.65. The Bertz CT molecular complexity index is 268. The molecule has 0 aromatic rings. The van der Waals surface area contributed by atoms with Gasteiger partial charge in [-0.2, -0.15) is 0 Å². The van der Waals surface area contributed by atoms with Gasteiger partial charge in [0.15, 0.2) is 5.96 Å². The number of guanidine groups is 1. The molecule has 0 rings (SSSR count). The highest BCUT2D eigenvalue weighted by Gasteiger charge is 2.02. The molecule has 0 heterocycles. The molecule has 0 aromatic carbocycles. The van der Waals surface area contributed by atoms with E-state index >= 15 is 0 Å². The lowest BCUT2D eigenvalue weighted by molar-refractivity contribution is -0.142. The topological polar surface area (TPSA) is 126 Å². The lowest BCUT2D eigenvalue weighted by Crippen LogP contribution is -2.35. The maximum atomic E-state index is 11.0. The number of nitrogens with one attached hydrogen (secondary N) is 2. The molecule has 0 saturated heterocycles. The first kappa shape index (κ1) is 15.2. The van der Waals surface area contributed by atoms with Crippen LogP contribution in [0.5, 0.6) is 0 Å². The van der Waals surface area contributed by atoms with Crippen molar-refractivity contribution in [1.82, 2.24) is 5.32 Å². The van der Waals surface area contributed by atoms with Crippen molar-refractivity contribution in [3.05, 3.63) is 0 Å². The van der Waals surface area contributed by atoms with Crippen LogP contribution in [0.15, 0.2) is 0 Å². The summed E-state index contributed by atoms with van der Waals surface area (Å²) < 4.78 is 4.85. The van der Waals surface area contributed by atoms with Gasteiger partial charge < -0.3 is 20.9 Å². The van der Waals surface area contributed by atoms with E-state index in [2.05, 4.69) is 5.32 Å². The van der Waals surface area contributed by atoms with Gasteiger partial charge in [-0.1, -0.05) is 12.8 Å². The molecule has 0 radical (unpaired) electrons. The first-order valence-electron chi connectivity index (χ1n) is 5.47. The molecular formula is C10H19N3O4. The van der Waals surface area contributed by atoms with Gasteiger partial charge in [0.2, 0.25) is 0 Å². The fourth-order valence-corrected chi connectivity index (χ4v) is 1.14. The van der Waals surface area contributed by atoms with Crippen molar-refractivity contribution in [3.63, 3.8) is 0 Å². The molecule has 0 aliphatic rings. The van der Waals surface area contributed by atoms with E-state index in [1.807, 2.05) is 0 Å². The summed E-state index contributed by atoms with van der Waals surface area (Å²) in [5.41, 5.74) is 4.99. The van der Waals surface area contributed by atoms with Crippen LogP contribution in [0, 0.1) is 5.41 Å². The van der Waals surface area contributed by atoms with Crippen LogP contribution in [0.4, 0.5) is 0 Å². The summed E-state index contributed by atoms with van der Waals surface area (Å²) in [7, 11) is 0. The number of esters is 1. The van der Waals surface area contributed by atoms with Crippen molar-refractivity contribution in [1.29, 1.82) is 5.41 Å². The number of carboxylic acid groups (broad SMARTS) is 1. The first-order valence-corrected chi connectivity index (χ1v) is 5.47. The first-order chi connectivity index (χ1) is 8.02. The number of aliphatic carboxylic acids is 1. The zero-order valence-electron chi connectivity index (χ0n) is 9.70. The Kier molecular flexibility index (Phi) is 8.44. The van der Waals surface area contributed by atoms with E-state index in [-0.39, 0.29) is 18.9 Å². The molecular weight excluding hydrogens is 226 g/mol. The van der Waals surface area contributed by atoms with Crippen LogP contribution in [0.25, 0.3) is 0 Å². The third kappa shape index (κ3) is 12.1. The van der Waals surface area contributed by atoms with Gasteiger partial charge in [-0.05, 0) is 12.8 Å². The monoisotopic (exact) mass is 245 g/mol. The minimum absolute atomic E-state index is 0.103. The van der Waals surface area contributed by atoms with Gasteiger partial charge in [-0.25, -0.2) is 0 Å². The smallest absolute Gasteiger partial charge is 0.325 e. The number of nitrogens with two attached hydrogens (primary N) is 1. The summed E-state index contributed by atoms with van der Waals surface area (Å²) in [6.07, 6.45) is 3.19. The summed E-state index contributed by atoms with van der Waals surface area (Å²) in [5.74, 6) is -1.51. The highest BCUT2D eigenvalue weighted by atomic mass is 16.5. The fraction of sp³-hybridized carbons (Fsp3) is 0.700. The van der Waals surface area contributed by atoms with Crippen LogP contribution in [-0.4, -0.2) is 36.2 Å². The second-order valence-corrected chi connectivity index (χ2v) is 3.55. The highest BCUT2D eigenvalue weighted by molar-refractivity contribution is 5.80. The zero-order chi connectivity index (χ0) is 13.1. The molecule has 0 bridgehead atoms. The van der Waals surface area contributed by atoms with Gasteiger partial charge in [0.25, 0.3) is 0 Å². The van der Waals surface area contributed by atoms with E-state index in [1.165, 1.54) is 0 Å². The predicted octanol–water partition coefficient (Wildman–Crippen LogP) is 0.0478. The molecule has 17 heavy (non-hydrogen) atoms. The number of hydrogen-bond donors (Lipinski definition) is 4. The molecule has 7 heteroatoms. The van der Waals surface area contributed by atoms with Crippen molar-refractivity contribution in [2.45, 2.75) is 32.1 Å². The molecule has 98 valence electrons. The van der Waals surface area contributed by atoms with Crippen molar-refractivity contribution < 1.29 is 19.4 Å². The average molecular weight is 245 g/mol. The maximum Gasteiger partial charge on any atom is 0.325 e. The largest absolute Gasteiger partial charge is 0.481 e. The fourth-order valence-electron chi connectivity index (χ4n) is 1.14. The van der Waals surface area contributed by atoms with E-state index in [4.69, 9.17) is 21.0 Å². The van der Waals surface area contributed by atoms with Gasteiger partial charge >= 0.3 is 11.9 Å². The van der Waals surface area contributed by atoms with Crippen molar-refractivity contribution in [3.8, 4) is 0 Å². The predicted molar refractivity (Wildman–Crippen MR) is 61.6 cm³/mol. The van der Waals surface area contributed by atoms with Gasteiger partial charge in [0, 0.05) is 6.42 Å². The van der Waals surface area contributed by atoms with Gasteiger partial charge in [-0.15, -0.1) is 0 Å². The number of carbonyl (C=O) groups excluding carboxylic acids is 1. The molecule has 0 saturated carbocycles. The van der Waals surface area contributed by atoms with E-state index in [0.29, 0.717) is 19.4 Å². The van der Waals surface area contributed by atoms with Crippen LogP contribution in [0.3, 0.4) is 0 Å². The van der Waals surface area contributed by atoms with Crippen LogP contribution in [-0.2, 0) is 14.3 Å². The summed E-state index contributed by atoms with van der Waals surface area (Å²) in [4.78, 5) is 21.2. The van der Waals surface area contributed by atoms with Crippen LogP contribution < -0.4 is 11.1 Å². The Morgan fingerprint density at radius 2 is 1.88 bits per heavy atom. The Labute approximate surface area is 99.8 Å². The maximum absolute atomic E-state index is 11.0. The van der Waals surface area contributed by atoms with E-state index in [1.54, 1.807) is 0 Å². The highest BCUT2D eigenvalue weighted by Crippen LogP contribution is 2.03. The second kappa shape index (κ2) is 9.44. The number of carbonyl (C=O) groups is 2. The zero-order valence-corrected chi connectivity index (χ0v) is 9.70. The van der Waals surface area contributed by atoms with E-state index in [0.717, 1.165) is 12.8 Å². The number of carboxylic acids is 1. The molecule has 0 fully saturated rings. The summed E-state index contributed by atoms with van der Waals surface area (Å²) in [6, 6.07) is 0. The Balaban J connectivity index is 3.24. The van der Waals surface area contributed by atoms with Crippen molar-refractivity contribution >= 4 is 17.9 Å². The number of hydrogen-bond acceptors (Lipinski definition) is 4. The Hall–Kier alpha value is -1.79. The molecule has 0 aromatic heterocycles. The van der Waals surface area contributed by atoms with Crippen LogP contribution in [0.1, 0.15) is 32.1 Å². The Morgan fingerprint density at radius 3 is 2.47 bits per heavy atom. The molecule has 0 spiro atoms. The van der Waals surface area contributed by atoms with E-state index < -0.39 is 11.9 Å². The van der Waals surface area contributed by atoms with Crippen LogP contribution in [0.2, 0.25) is 0 Å². The molecule has 5 N–H and O–H groups in total. The number of rotatable bonds is 9. The second-order valence-electron chi connectivity index (χ2n) is 3.55. The SMILES string of the molecule is N=C(N)NCC(=O)OCCCCCCC(=O)O. The standard InChI is InChI=1S/C10H19N3O4/c11-10(12)13-7-9(16)17-6-4-2-1-3-5-8(14)15/h1-7H2,(H,14,15)(H4,11,12,13). The van der Waals surface area contributed by atoms with Crippen molar-refractivity contribution in [2.24, 2.45) is 5.73 Å². The van der Waals surface area contributed by atoms with Gasteiger partial charge in [-0.3, -0.25) is 15.0 Å². The molecule has 0 amide bonds. The molecule has 0 atom stereocenters. The molecule has 0 aliphatic heterocycles. The minimum atomic E-state index is -0.785. The lowest BCUT2D eigenvalue weighted by atomic mass is 10.1. The summed E-state index contributed by atoms with van der Waals surface area (Å²) in [6.45, 7) is 0.208. The number of ether oxygens (including phenoxy) is 1. The lowest BCUT2D eigenvalue weighted by Gasteiger charge is -2.05. The third-order valence-electron chi connectivity index (χ3n) is 1.97. The number of unbranched alkanes of at least 4 members (excludes halogenated alkanes) is 3. The molecule has 0 unspecified atom stereocenters. The van der Waals surface area contributed by atoms with E-state index in [9.17, 15) is 9.59 Å². The minimum Gasteiger partial charge on any atom is -0.481 e. The van der Waals surface area contributed by atoms with Gasteiger partial charge in [0.1, 0.15) is 6.54 Å². The van der Waals surface area contributed by atoms with Crippen molar-refractivity contribution in [2.75, 3.05) is 13.2 Å². The molecule has 7 nitrogen and oxygen atoms in total. The summed E-state index contributed by atoms with van der Waals surface area (Å²) in [5, 5.41) is 17.6. The average Bonchev–Trinajstić information content (AvgIpc) is 2.24. The molecule has 0 aliphatic carbocycles. The van der Waals surface area contributed by atoms with Gasteiger partial charge in [0.05, 0.1) is 6.61 Å². The van der Waals surface area contributed by atoms with Crippen LogP contribution >= 0.6 is 0 Å². The quantitative estimate of drug-likeness (QED) is 0.197. The Morgan fingerprint density at radius 1 is 1.24 bits per heavy atom.